The predicted molar refractivity (Wildman–Crippen MR) is 137 cm³/mol. The van der Waals surface area contributed by atoms with E-state index < -0.39 is 10.0 Å². The minimum Gasteiger partial charge on any atom is -0.379 e. The van der Waals surface area contributed by atoms with Gasteiger partial charge in [0.1, 0.15) is 5.82 Å². The second-order valence-electron chi connectivity index (χ2n) is 9.14. The number of rotatable bonds is 9. The number of imidazole rings is 1. The van der Waals surface area contributed by atoms with Crippen LogP contribution in [0.3, 0.4) is 0 Å². The largest absolute Gasteiger partial charge is 0.379 e. The Morgan fingerprint density at radius 3 is 2.60 bits per heavy atom. The van der Waals surface area contributed by atoms with Gasteiger partial charge in [0, 0.05) is 38.2 Å². The van der Waals surface area contributed by atoms with Gasteiger partial charge < -0.3 is 14.6 Å². The highest BCUT2D eigenvalue weighted by Crippen LogP contribution is 2.26. The first-order valence-corrected chi connectivity index (χ1v) is 13.7. The van der Waals surface area contributed by atoms with Crippen molar-refractivity contribution in [3.63, 3.8) is 0 Å². The van der Waals surface area contributed by atoms with Crippen molar-refractivity contribution in [2.45, 2.75) is 57.4 Å². The molecular weight excluding hydrogens is 464 g/mol. The van der Waals surface area contributed by atoms with Gasteiger partial charge in [-0.2, -0.15) is 4.31 Å². The van der Waals surface area contributed by atoms with Crippen molar-refractivity contribution >= 4 is 32.7 Å². The fraction of sp³-hybridized carbons (Fsp3) is 0.462. The molecule has 8 nitrogen and oxygen atoms in total. The number of nitrogens with zero attached hydrogens (tertiary/aromatic N) is 3. The summed E-state index contributed by atoms with van der Waals surface area (Å²) in [5.74, 6) is 1.03. The molecule has 0 bridgehead atoms. The summed E-state index contributed by atoms with van der Waals surface area (Å²) >= 11 is 0. The van der Waals surface area contributed by atoms with Gasteiger partial charge in [-0.05, 0) is 42.2 Å². The van der Waals surface area contributed by atoms with E-state index in [2.05, 4.69) is 30.7 Å². The molecule has 1 amide bonds. The van der Waals surface area contributed by atoms with Crippen LogP contribution in [0.4, 0.5) is 5.69 Å². The molecule has 2 heterocycles. The average molecular weight is 499 g/mol. The molecular formula is C26H34N4O4S. The van der Waals surface area contributed by atoms with Crippen LogP contribution in [0.25, 0.3) is 11.0 Å². The lowest BCUT2D eigenvalue weighted by molar-refractivity contribution is -0.116. The van der Waals surface area contributed by atoms with E-state index in [1.165, 1.54) is 4.31 Å². The molecule has 1 aromatic heterocycles. The van der Waals surface area contributed by atoms with Crippen molar-refractivity contribution in [1.82, 2.24) is 13.9 Å². The first kappa shape index (κ1) is 25.3. The maximum atomic E-state index is 13.1. The van der Waals surface area contributed by atoms with Gasteiger partial charge in [-0.15, -0.1) is 0 Å². The zero-order valence-corrected chi connectivity index (χ0v) is 21.5. The van der Waals surface area contributed by atoms with E-state index >= 15 is 0 Å². The summed E-state index contributed by atoms with van der Waals surface area (Å²) < 4.78 is 35.0. The number of para-hydroxylation sites is 1. The molecule has 3 aromatic rings. The molecule has 1 aliphatic rings. The number of carbonyl (C=O) groups is 1. The van der Waals surface area contributed by atoms with Crippen LogP contribution in [0.5, 0.6) is 0 Å². The maximum Gasteiger partial charge on any atom is 0.243 e. The number of hydrogen-bond donors (Lipinski definition) is 1. The maximum absolute atomic E-state index is 13.1. The number of benzene rings is 2. The Labute approximate surface area is 207 Å². The Balaban J connectivity index is 1.54. The van der Waals surface area contributed by atoms with Crippen molar-refractivity contribution in [1.29, 1.82) is 0 Å². The summed E-state index contributed by atoms with van der Waals surface area (Å²) in [4.78, 5) is 17.8. The van der Waals surface area contributed by atoms with Crippen LogP contribution in [0.1, 0.15) is 50.9 Å². The zero-order chi connectivity index (χ0) is 25.0. The summed E-state index contributed by atoms with van der Waals surface area (Å²) in [6.45, 7) is 8.55. The summed E-state index contributed by atoms with van der Waals surface area (Å²) in [5, 5.41) is 3.04. The van der Waals surface area contributed by atoms with Gasteiger partial charge in [-0.25, -0.2) is 13.4 Å². The van der Waals surface area contributed by atoms with E-state index in [4.69, 9.17) is 9.72 Å². The molecule has 0 atom stereocenters. The topological polar surface area (TPSA) is 93.5 Å². The van der Waals surface area contributed by atoms with Crippen LogP contribution in [-0.4, -0.2) is 54.5 Å². The highest BCUT2D eigenvalue weighted by Gasteiger charge is 2.27. The fourth-order valence-corrected chi connectivity index (χ4v) is 5.90. The molecule has 0 unspecified atom stereocenters. The summed E-state index contributed by atoms with van der Waals surface area (Å²) in [6, 6.07) is 13.0. The average Bonchev–Trinajstić information content (AvgIpc) is 3.20. The number of amides is 1. The number of carbonyl (C=O) groups excluding carboxylic acids is 1. The van der Waals surface area contributed by atoms with Gasteiger partial charge >= 0.3 is 0 Å². The molecule has 0 aliphatic carbocycles. The van der Waals surface area contributed by atoms with E-state index in [1.54, 1.807) is 12.1 Å². The van der Waals surface area contributed by atoms with Crippen molar-refractivity contribution in [2.24, 2.45) is 0 Å². The molecule has 1 saturated heterocycles. The molecule has 1 fully saturated rings. The molecule has 188 valence electrons. The number of sulfonamides is 1. The van der Waals surface area contributed by atoms with E-state index in [-0.39, 0.29) is 10.8 Å². The summed E-state index contributed by atoms with van der Waals surface area (Å²) in [7, 11) is -3.60. The van der Waals surface area contributed by atoms with Crippen LogP contribution in [0.15, 0.2) is 47.4 Å². The van der Waals surface area contributed by atoms with Crippen LogP contribution in [0.2, 0.25) is 0 Å². The lowest BCUT2D eigenvalue weighted by atomic mass is 10.0. The van der Waals surface area contributed by atoms with E-state index in [0.717, 1.165) is 35.6 Å². The third kappa shape index (κ3) is 5.58. The first-order chi connectivity index (χ1) is 16.8. The smallest absolute Gasteiger partial charge is 0.243 e. The van der Waals surface area contributed by atoms with Crippen molar-refractivity contribution in [3.8, 4) is 0 Å². The van der Waals surface area contributed by atoms with E-state index in [1.807, 2.05) is 30.3 Å². The zero-order valence-electron chi connectivity index (χ0n) is 20.7. The van der Waals surface area contributed by atoms with Crippen LogP contribution in [0, 0.1) is 0 Å². The Bertz CT molecular complexity index is 1290. The Morgan fingerprint density at radius 1 is 1.14 bits per heavy atom. The normalized spacial score (nSPS) is 15.1. The van der Waals surface area contributed by atoms with Gasteiger partial charge in [-0.1, -0.05) is 39.0 Å². The Morgan fingerprint density at radius 2 is 1.89 bits per heavy atom. The van der Waals surface area contributed by atoms with E-state index in [9.17, 15) is 13.2 Å². The minimum atomic E-state index is -3.60. The van der Waals surface area contributed by atoms with Crippen LogP contribution >= 0.6 is 0 Å². The fourth-order valence-electron chi connectivity index (χ4n) is 4.47. The SMILES string of the molecule is CCCn1c(CCC(=O)Nc2ccccc2C(C)C)nc2cc(S(=O)(=O)N3CCOCC3)ccc21. The number of ether oxygens (including phenoxy) is 1. The first-order valence-electron chi connectivity index (χ1n) is 12.3. The third-order valence-electron chi connectivity index (χ3n) is 6.29. The number of fused-ring (bicyclic) bond motifs is 1. The number of aryl methyl sites for hydroxylation is 2. The number of anilines is 1. The third-order valence-corrected chi connectivity index (χ3v) is 8.18. The predicted octanol–water partition coefficient (Wildman–Crippen LogP) is 4.16. The number of nitrogens with one attached hydrogen (secondary N) is 1. The summed E-state index contributed by atoms with van der Waals surface area (Å²) in [5.41, 5.74) is 3.46. The molecule has 9 heteroatoms. The van der Waals surface area contributed by atoms with Crippen molar-refractivity contribution in [3.05, 3.63) is 53.9 Å². The van der Waals surface area contributed by atoms with E-state index in [0.29, 0.717) is 50.6 Å². The van der Waals surface area contributed by atoms with Crippen LogP contribution in [-0.2, 0) is 32.5 Å². The second kappa shape index (κ2) is 10.9. The molecule has 0 radical (unpaired) electrons. The van der Waals surface area contributed by atoms with Gasteiger partial charge in [0.2, 0.25) is 15.9 Å². The van der Waals surface area contributed by atoms with Gasteiger partial charge in [0.25, 0.3) is 0 Å². The molecule has 1 N–H and O–H groups in total. The minimum absolute atomic E-state index is 0.0659. The number of aromatic nitrogens is 2. The number of morpholine rings is 1. The van der Waals surface area contributed by atoms with Crippen LogP contribution < -0.4 is 5.32 Å². The van der Waals surface area contributed by atoms with Crippen molar-refractivity contribution in [2.75, 3.05) is 31.6 Å². The molecule has 35 heavy (non-hydrogen) atoms. The van der Waals surface area contributed by atoms with Gasteiger partial charge in [-0.3, -0.25) is 4.79 Å². The van der Waals surface area contributed by atoms with Crippen molar-refractivity contribution < 1.29 is 17.9 Å². The molecule has 1 aliphatic heterocycles. The Kier molecular flexibility index (Phi) is 7.88. The molecule has 2 aromatic carbocycles. The van der Waals surface area contributed by atoms with Gasteiger partial charge in [0.05, 0.1) is 29.1 Å². The second-order valence-corrected chi connectivity index (χ2v) is 11.1. The standard InChI is InChI=1S/C26H34N4O4S/c1-4-13-30-24-10-9-20(35(32,33)29-14-16-34-17-15-29)18-23(24)27-25(30)11-12-26(31)28-22-8-6-5-7-21(22)19(2)3/h5-10,18-19H,4,11-17H2,1-3H3,(H,28,31). The summed E-state index contributed by atoms with van der Waals surface area (Å²) in [6.07, 6.45) is 1.66. The number of hydrogen-bond acceptors (Lipinski definition) is 5. The lowest BCUT2D eigenvalue weighted by Gasteiger charge is -2.26. The van der Waals surface area contributed by atoms with Gasteiger partial charge in [0.15, 0.2) is 0 Å². The molecule has 0 spiro atoms. The monoisotopic (exact) mass is 498 g/mol. The highest BCUT2D eigenvalue weighted by molar-refractivity contribution is 7.89. The lowest BCUT2D eigenvalue weighted by Crippen LogP contribution is -2.40. The molecule has 4 rings (SSSR count). The quantitative estimate of drug-likeness (QED) is 0.478. The Hall–Kier alpha value is -2.75. The highest BCUT2D eigenvalue weighted by atomic mass is 32.2. The molecule has 0 saturated carbocycles.